The molecule has 0 bridgehead atoms. The van der Waals surface area contributed by atoms with Crippen LogP contribution >= 0.6 is 0 Å². The second-order valence-electron chi connectivity index (χ2n) is 3.18. The number of phenolic OH excluding ortho intramolecular Hbond substituents is 1. The van der Waals surface area contributed by atoms with E-state index in [2.05, 4.69) is 9.97 Å². The highest BCUT2D eigenvalue weighted by atomic mass is 19.4. The summed E-state index contributed by atoms with van der Waals surface area (Å²) < 4.78 is 37.7. The molecule has 0 saturated heterocycles. The van der Waals surface area contributed by atoms with E-state index in [0.717, 1.165) is 6.07 Å². The highest BCUT2D eigenvalue weighted by Gasteiger charge is 2.37. The highest BCUT2D eigenvalue weighted by Crippen LogP contribution is 2.39. The summed E-state index contributed by atoms with van der Waals surface area (Å²) in [6.07, 6.45) is -4.61. The summed E-state index contributed by atoms with van der Waals surface area (Å²) in [7, 11) is 0. The van der Waals surface area contributed by atoms with E-state index in [9.17, 15) is 18.3 Å². The van der Waals surface area contributed by atoms with Gasteiger partial charge in [0.25, 0.3) is 0 Å². The van der Waals surface area contributed by atoms with Gasteiger partial charge in [0.2, 0.25) is 0 Å². The molecule has 2 rings (SSSR count). The number of alkyl halides is 3. The first-order valence-corrected chi connectivity index (χ1v) is 4.15. The molecule has 0 spiro atoms. The third-order valence-electron chi connectivity index (χ3n) is 2.03. The zero-order chi connectivity index (χ0) is 11.2. The van der Waals surface area contributed by atoms with Gasteiger partial charge < -0.3 is 10.1 Å². The normalized spacial score (nSPS) is 12.3. The van der Waals surface area contributed by atoms with Gasteiger partial charge in [-0.3, -0.25) is 0 Å². The van der Waals surface area contributed by atoms with Gasteiger partial charge in [-0.15, -0.1) is 0 Å². The van der Waals surface area contributed by atoms with E-state index in [1.807, 2.05) is 0 Å². The number of nitrogens with zero attached hydrogens (tertiary/aromatic N) is 1. The number of aromatic hydroxyl groups is 1. The second kappa shape index (κ2) is 2.88. The molecule has 1 aromatic heterocycles. The molecule has 1 heterocycles. The number of aryl methyl sites for hydroxylation is 1. The Labute approximate surface area is 82.6 Å². The Hall–Kier alpha value is -1.72. The fourth-order valence-corrected chi connectivity index (χ4v) is 1.47. The first-order chi connectivity index (χ1) is 6.89. The second-order valence-corrected chi connectivity index (χ2v) is 3.18. The number of halogens is 3. The number of nitrogens with one attached hydrogen (secondary N) is 1. The van der Waals surface area contributed by atoms with Gasteiger partial charge in [0.05, 0.1) is 5.52 Å². The van der Waals surface area contributed by atoms with Crippen molar-refractivity contribution in [3.63, 3.8) is 0 Å². The number of hydrogen-bond acceptors (Lipinski definition) is 2. The maximum absolute atomic E-state index is 12.6. The topological polar surface area (TPSA) is 48.9 Å². The highest BCUT2D eigenvalue weighted by molar-refractivity contribution is 5.81. The minimum absolute atomic E-state index is 0.250. The lowest BCUT2D eigenvalue weighted by molar-refractivity contribution is -0.137. The number of benzene rings is 1. The van der Waals surface area contributed by atoms with E-state index >= 15 is 0 Å². The van der Waals surface area contributed by atoms with Crippen molar-refractivity contribution in [3.8, 4) is 5.75 Å². The van der Waals surface area contributed by atoms with Crippen LogP contribution in [0, 0.1) is 6.92 Å². The molecule has 1 aromatic carbocycles. The van der Waals surface area contributed by atoms with E-state index < -0.39 is 17.5 Å². The number of aromatic nitrogens is 2. The summed E-state index contributed by atoms with van der Waals surface area (Å²) in [6.45, 7) is 1.55. The van der Waals surface area contributed by atoms with Crippen LogP contribution in [-0.2, 0) is 6.18 Å². The van der Waals surface area contributed by atoms with Crippen LogP contribution in [0.3, 0.4) is 0 Å². The van der Waals surface area contributed by atoms with Crippen molar-refractivity contribution in [1.29, 1.82) is 0 Å². The molecule has 80 valence electrons. The molecule has 0 aliphatic carbocycles. The van der Waals surface area contributed by atoms with Crippen LogP contribution in [-0.4, -0.2) is 15.1 Å². The number of imidazole rings is 1. The molecule has 0 amide bonds. The minimum atomic E-state index is -4.61. The Bertz CT molecular complexity index is 516. The summed E-state index contributed by atoms with van der Waals surface area (Å²) in [5.41, 5.74) is -1.08. The number of aromatic amines is 1. The maximum Gasteiger partial charge on any atom is 0.422 e. The van der Waals surface area contributed by atoms with Gasteiger partial charge in [0, 0.05) is 0 Å². The van der Waals surface area contributed by atoms with Gasteiger partial charge in [0.1, 0.15) is 22.7 Å². The number of H-pyrrole nitrogens is 1. The molecule has 0 unspecified atom stereocenters. The van der Waals surface area contributed by atoms with E-state index in [-0.39, 0.29) is 11.0 Å². The van der Waals surface area contributed by atoms with Gasteiger partial charge >= 0.3 is 6.18 Å². The van der Waals surface area contributed by atoms with Crippen LogP contribution < -0.4 is 0 Å². The summed E-state index contributed by atoms with van der Waals surface area (Å²) in [6, 6.07) is 2.36. The van der Waals surface area contributed by atoms with E-state index in [1.165, 1.54) is 6.07 Å². The molecular weight excluding hydrogens is 209 g/mol. The Kier molecular flexibility index (Phi) is 1.89. The largest absolute Gasteiger partial charge is 0.507 e. The van der Waals surface area contributed by atoms with Crippen molar-refractivity contribution in [2.24, 2.45) is 0 Å². The molecule has 0 aliphatic rings. The average Bonchev–Trinajstić information content (AvgIpc) is 2.41. The Morgan fingerprint density at radius 1 is 1.33 bits per heavy atom. The third kappa shape index (κ3) is 1.51. The summed E-state index contributed by atoms with van der Waals surface area (Å²) in [5.74, 6) is -0.428. The minimum Gasteiger partial charge on any atom is -0.507 e. The van der Waals surface area contributed by atoms with Crippen molar-refractivity contribution >= 4 is 11.0 Å². The van der Waals surface area contributed by atoms with Crippen LogP contribution in [0.15, 0.2) is 12.1 Å². The molecule has 2 N–H and O–H groups in total. The lowest BCUT2D eigenvalue weighted by Crippen LogP contribution is -2.06. The molecule has 0 atom stereocenters. The van der Waals surface area contributed by atoms with Crippen LogP contribution in [0.4, 0.5) is 13.2 Å². The molecule has 2 aromatic rings. The number of rotatable bonds is 0. The van der Waals surface area contributed by atoms with Crippen LogP contribution in [0.25, 0.3) is 11.0 Å². The van der Waals surface area contributed by atoms with Crippen molar-refractivity contribution in [3.05, 3.63) is 23.5 Å². The molecule has 0 fully saturated rings. The predicted molar refractivity (Wildman–Crippen MR) is 47.5 cm³/mol. The number of hydrogen-bond donors (Lipinski definition) is 2. The standard InChI is InChI=1S/C9H7F3N2O/c1-4-13-5-2-3-6(15)7(8(5)14-4)9(10,11)12/h2-3,15H,1H3,(H,13,14). The van der Waals surface area contributed by atoms with Crippen molar-refractivity contribution in [2.75, 3.05) is 0 Å². The summed E-state index contributed by atoms with van der Waals surface area (Å²) >= 11 is 0. The molecule has 0 aliphatic heterocycles. The van der Waals surface area contributed by atoms with Gasteiger partial charge in [-0.1, -0.05) is 0 Å². The van der Waals surface area contributed by atoms with Gasteiger partial charge in [0.15, 0.2) is 0 Å². The first kappa shape index (κ1) is 9.82. The quantitative estimate of drug-likeness (QED) is 0.711. The molecular formula is C9H7F3N2O. The molecule has 0 radical (unpaired) electrons. The smallest absolute Gasteiger partial charge is 0.422 e. The molecule has 6 heteroatoms. The fourth-order valence-electron chi connectivity index (χ4n) is 1.47. The van der Waals surface area contributed by atoms with E-state index in [0.29, 0.717) is 5.82 Å². The number of fused-ring (bicyclic) bond motifs is 1. The Morgan fingerprint density at radius 2 is 2.00 bits per heavy atom. The lowest BCUT2D eigenvalue weighted by atomic mass is 10.1. The monoisotopic (exact) mass is 216 g/mol. The van der Waals surface area contributed by atoms with Crippen LogP contribution in [0.1, 0.15) is 11.4 Å². The van der Waals surface area contributed by atoms with Crippen molar-refractivity contribution in [1.82, 2.24) is 9.97 Å². The SMILES string of the molecule is Cc1nc2c(C(F)(F)F)c(O)ccc2[nH]1. The molecule has 3 nitrogen and oxygen atoms in total. The average molecular weight is 216 g/mol. The van der Waals surface area contributed by atoms with E-state index in [1.54, 1.807) is 6.92 Å². The first-order valence-electron chi connectivity index (χ1n) is 4.15. The van der Waals surface area contributed by atoms with Crippen LogP contribution in [0.2, 0.25) is 0 Å². The van der Waals surface area contributed by atoms with Gasteiger partial charge in [-0.2, -0.15) is 13.2 Å². The predicted octanol–water partition coefficient (Wildman–Crippen LogP) is 2.60. The van der Waals surface area contributed by atoms with Crippen molar-refractivity contribution < 1.29 is 18.3 Å². The molecule has 15 heavy (non-hydrogen) atoms. The fraction of sp³-hybridized carbons (Fsp3) is 0.222. The van der Waals surface area contributed by atoms with Gasteiger partial charge in [-0.25, -0.2) is 4.98 Å². The maximum atomic E-state index is 12.6. The zero-order valence-electron chi connectivity index (χ0n) is 7.68. The van der Waals surface area contributed by atoms with Crippen LogP contribution in [0.5, 0.6) is 5.75 Å². The summed E-state index contributed by atoms with van der Waals surface area (Å²) in [5, 5.41) is 9.18. The lowest BCUT2D eigenvalue weighted by Gasteiger charge is -2.08. The van der Waals surface area contributed by atoms with Crippen molar-refractivity contribution in [2.45, 2.75) is 13.1 Å². The molecule has 0 saturated carbocycles. The summed E-state index contributed by atoms with van der Waals surface area (Å²) in [4.78, 5) is 6.38. The van der Waals surface area contributed by atoms with E-state index in [4.69, 9.17) is 0 Å². The Morgan fingerprint density at radius 3 is 2.60 bits per heavy atom. The number of phenols is 1. The zero-order valence-corrected chi connectivity index (χ0v) is 7.68. The van der Waals surface area contributed by atoms with Gasteiger partial charge in [-0.05, 0) is 19.1 Å². The Balaban J connectivity index is 2.85. The third-order valence-corrected chi connectivity index (χ3v) is 2.03.